The van der Waals surface area contributed by atoms with Crippen molar-refractivity contribution in [3.05, 3.63) is 168 Å². The van der Waals surface area contributed by atoms with Crippen LogP contribution in [0.1, 0.15) is 28.3 Å². The molecule has 50 heavy (non-hydrogen) atoms. The molecule has 5 heterocycles. The van der Waals surface area contributed by atoms with E-state index in [0.29, 0.717) is 0 Å². The molecule has 0 N–H and O–H groups in total. The molecule has 0 unspecified atom stereocenters. The van der Waals surface area contributed by atoms with Gasteiger partial charge < -0.3 is 9.97 Å². The molecule has 0 aliphatic carbocycles. The average Bonchev–Trinajstić information content (AvgIpc) is 3.98. The smallest absolute Gasteiger partial charge is 0.657 e. The Morgan fingerprint density at radius 3 is 0.920 bits per heavy atom. The number of hydrogen-bond acceptors (Lipinski definition) is 2. The van der Waals surface area contributed by atoms with E-state index < -0.39 is 0 Å². The Balaban J connectivity index is 0.00000361. The van der Waals surface area contributed by atoms with Crippen molar-refractivity contribution in [1.82, 2.24) is 19.9 Å². The third-order valence-electron chi connectivity index (χ3n) is 9.14. The van der Waals surface area contributed by atoms with Crippen LogP contribution in [-0.4, -0.2) is 9.97 Å². The van der Waals surface area contributed by atoms with Gasteiger partial charge in [0.15, 0.2) is 0 Å². The number of hydrogen-bond donors (Lipinski definition) is 0. The van der Waals surface area contributed by atoms with E-state index in [1.54, 1.807) is 0 Å². The molecule has 2 aliphatic rings. The predicted molar refractivity (Wildman–Crippen MR) is 203 cm³/mol. The van der Waals surface area contributed by atoms with E-state index in [0.717, 1.165) is 89.4 Å². The van der Waals surface area contributed by atoms with Crippen molar-refractivity contribution in [2.24, 2.45) is 0 Å². The second kappa shape index (κ2) is 13.2. The fourth-order valence-electron chi connectivity index (χ4n) is 6.81. The van der Waals surface area contributed by atoms with Crippen LogP contribution >= 0.6 is 0 Å². The molecule has 5 heteroatoms. The van der Waals surface area contributed by atoms with E-state index in [4.69, 9.17) is 19.9 Å². The van der Waals surface area contributed by atoms with E-state index in [2.05, 4.69) is 153 Å². The van der Waals surface area contributed by atoms with Crippen LogP contribution < -0.4 is 9.97 Å². The molecule has 240 valence electrons. The summed E-state index contributed by atoms with van der Waals surface area (Å²) in [4.78, 5) is 21.3. The SMILES string of the molecule is Cc1ccc(-c2c3nc(c(-c4ccccc4)c4ccc([n-]4)c(-c4ccccc4)c4nc(c(-c5ccccc5)c5ccc2[n-]5)C=C4)C=C3)cc1.[Pt+2]. The van der Waals surface area contributed by atoms with Crippen molar-refractivity contribution in [3.63, 3.8) is 0 Å². The summed E-state index contributed by atoms with van der Waals surface area (Å²) in [6.07, 6.45) is 8.43. The number of nitrogens with zero attached hydrogens (tertiary/aromatic N) is 4. The standard InChI is InChI=1S/C45H30N4.Pt/c1-29-17-19-33(20-18-29)45-40-27-25-38(48-40)43(31-13-7-3-8-14-31)36-23-21-34(46-36)42(30-11-5-2-6-12-30)35-22-24-37(47-35)44(32-15-9-4-10-16-32)39-26-28-41(45)49-39;/h2-28H,1H3;/q-2;+2. The molecule has 4 nitrogen and oxygen atoms in total. The minimum Gasteiger partial charge on any atom is -0.657 e. The van der Waals surface area contributed by atoms with Gasteiger partial charge in [0, 0.05) is 0 Å². The summed E-state index contributed by atoms with van der Waals surface area (Å²) in [5.74, 6) is 0. The minimum absolute atomic E-state index is 0. The van der Waals surface area contributed by atoms with E-state index in [1.165, 1.54) is 5.56 Å². The predicted octanol–water partition coefficient (Wildman–Crippen LogP) is 10.9. The Morgan fingerprint density at radius 2 is 0.620 bits per heavy atom. The Labute approximate surface area is 305 Å². The minimum atomic E-state index is 0. The van der Waals surface area contributed by atoms with E-state index in [1.807, 2.05) is 18.2 Å². The fraction of sp³-hybridized carbons (Fsp3) is 0.0222. The van der Waals surface area contributed by atoms with Crippen LogP contribution in [0, 0.1) is 6.92 Å². The number of benzene rings is 4. The number of fused-ring (bicyclic) bond motifs is 8. The topological polar surface area (TPSA) is 54.0 Å². The Kier molecular flexibility index (Phi) is 8.32. The molecule has 0 radical (unpaired) electrons. The summed E-state index contributed by atoms with van der Waals surface area (Å²) in [6, 6.07) is 48.3. The maximum absolute atomic E-state index is 5.33. The summed E-state index contributed by atoms with van der Waals surface area (Å²) in [7, 11) is 0. The van der Waals surface area contributed by atoms with E-state index in [-0.39, 0.29) is 21.1 Å². The van der Waals surface area contributed by atoms with Gasteiger partial charge in [0.05, 0.1) is 22.8 Å². The molecule has 3 aromatic heterocycles. The zero-order chi connectivity index (χ0) is 32.7. The van der Waals surface area contributed by atoms with Gasteiger partial charge in [-0.25, -0.2) is 9.97 Å². The summed E-state index contributed by atoms with van der Waals surface area (Å²) in [5.41, 5.74) is 16.2. The molecule has 8 bridgehead atoms. The first kappa shape index (κ1) is 31.4. The molecule has 4 aromatic carbocycles. The van der Waals surface area contributed by atoms with Crippen LogP contribution in [0.5, 0.6) is 0 Å². The first-order valence-corrected chi connectivity index (χ1v) is 16.5. The van der Waals surface area contributed by atoms with Crippen LogP contribution in [0.2, 0.25) is 0 Å². The van der Waals surface area contributed by atoms with Crippen LogP contribution in [0.4, 0.5) is 0 Å². The third kappa shape index (κ3) is 5.68. The first-order valence-electron chi connectivity index (χ1n) is 16.5. The van der Waals surface area contributed by atoms with Crippen LogP contribution in [0.15, 0.2) is 140 Å². The van der Waals surface area contributed by atoms with Crippen molar-refractivity contribution in [3.8, 4) is 44.5 Å². The molecule has 0 amide bonds. The average molecular weight is 822 g/mol. The first-order chi connectivity index (χ1) is 24.2. The molecule has 2 aliphatic heterocycles. The zero-order valence-electron chi connectivity index (χ0n) is 27.2. The zero-order valence-corrected chi connectivity index (χ0v) is 29.5. The normalized spacial score (nSPS) is 11.8. The van der Waals surface area contributed by atoms with Gasteiger partial charge in [-0.1, -0.05) is 145 Å². The summed E-state index contributed by atoms with van der Waals surface area (Å²) < 4.78 is 0. The van der Waals surface area contributed by atoms with Gasteiger partial charge in [0.2, 0.25) is 0 Å². The molecule has 0 saturated heterocycles. The van der Waals surface area contributed by atoms with Crippen molar-refractivity contribution in [2.45, 2.75) is 6.92 Å². The molecular formula is C45H30N4Pt. The summed E-state index contributed by atoms with van der Waals surface area (Å²) >= 11 is 0. The monoisotopic (exact) mass is 821 g/mol. The number of aryl methyl sites for hydroxylation is 1. The fourth-order valence-corrected chi connectivity index (χ4v) is 6.81. The largest absolute Gasteiger partial charge is 2.00 e. The van der Waals surface area contributed by atoms with Crippen molar-refractivity contribution in [2.75, 3.05) is 0 Å². The molecule has 0 spiro atoms. The van der Waals surface area contributed by atoms with Gasteiger partial charge >= 0.3 is 21.1 Å². The van der Waals surface area contributed by atoms with Gasteiger partial charge in [-0.3, -0.25) is 0 Å². The Bertz CT molecular complexity index is 2540. The van der Waals surface area contributed by atoms with Crippen LogP contribution in [0.25, 0.3) is 90.9 Å². The van der Waals surface area contributed by atoms with Crippen molar-refractivity contribution >= 4 is 46.4 Å². The van der Waals surface area contributed by atoms with Gasteiger partial charge in [-0.2, -0.15) is 0 Å². The summed E-state index contributed by atoms with van der Waals surface area (Å²) in [6.45, 7) is 2.11. The van der Waals surface area contributed by atoms with E-state index in [9.17, 15) is 0 Å². The molecule has 0 fully saturated rings. The summed E-state index contributed by atoms with van der Waals surface area (Å²) in [5, 5.41) is 0. The molecule has 7 aromatic rings. The quantitative estimate of drug-likeness (QED) is 0.177. The van der Waals surface area contributed by atoms with Gasteiger partial charge in [0.1, 0.15) is 0 Å². The number of rotatable bonds is 4. The van der Waals surface area contributed by atoms with Gasteiger partial charge in [0.25, 0.3) is 0 Å². The van der Waals surface area contributed by atoms with E-state index >= 15 is 0 Å². The second-order valence-corrected chi connectivity index (χ2v) is 12.3. The molecule has 0 atom stereocenters. The Hall–Kier alpha value is -5.83. The maximum Gasteiger partial charge on any atom is 2.00 e. The molecule has 9 rings (SSSR count). The van der Waals surface area contributed by atoms with Crippen molar-refractivity contribution in [1.29, 1.82) is 0 Å². The van der Waals surface area contributed by atoms with Crippen LogP contribution in [-0.2, 0) is 21.1 Å². The molecule has 0 saturated carbocycles. The third-order valence-corrected chi connectivity index (χ3v) is 9.14. The maximum atomic E-state index is 5.33. The van der Waals surface area contributed by atoms with Gasteiger partial charge in [-0.15, -0.1) is 22.1 Å². The van der Waals surface area contributed by atoms with Crippen LogP contribution in [0.3, 0.4) is 0 Å². The number of aromatic nitrogens is 4. The Morgan fingerprint density at radius 1 is 0.340 bits per heavy atom. The van der Waals surface area contributed by atoms with Crippen molar-refractivity contribution < 1.29 is 21.1 Å². The van der Waals surface area contributed by atoms with Gasteiger partial charge in [-0.05, 0) is 75.7 Å². The second-order valence-electron chi connectivity index (χ2n) is 12.3. The molecular weight excluding hydrogens is 792 g/mol.